The third-order valence-corrected chi connectivity index (χ3v) is 5.85. The van der Waals surface area contributed by atoms with Crippen LogP contribution in [0.3, 0.4) is 0 Å². The Morgan fingerprint density at radius 3 is 2.39 bits per heavy atom. The molecule has 0 radical (unpaired) electrons. The maximum Gasteiger partial charge on any atom is 0.324 e. The zero-order valence-electron chi connectivity index (χ0n) is 15.3. The summed E-state index contributed by atoms with van der Waals surface area (Å²) in [7, 11) is 0. The van der Waals surface area contributed by atoms with Gasteiger partial charge < -0.3 is 0 Å². The minimum atomic E-state index is -0.540. The molecule has 1 aromatic carbocycles. The van der Waals surface area contributed by atoms with Gasteiger partial charge in [-0.15, -0.1) is 11.3 Å². The Morgan fingerprint density at radius 2 is 1.86 bits per heavy atom. The van der Waals surface area contributed by atoms with Crippen molar-refractivity contribution in [2.45, 2.75) is 26.2 Å². The number of hydrogen-bond acceptors (Lipinski definition) is 6. The molecule has 0 aliphatic heterocycles. The van der Waals surface area contributed by atoms with Crippen molar-refractivity contribution in [3.8, 4) is 11.3 Å². The molecular weight excluding hydrogens is 396 g/mol. The minimum absolute atomic E-state index is 0.0195. The largest absolute Gasteiger partial charge is 0.324 e. The second-order valence-corrected chi connectivity index (χ2v) is 9.00. The second-order valence-electron chi connectivity index (χ2n) is 6.96. The van der Waals surface area contributed by atoms with E-state index in [4.69, 9.17) is 6.57 Å². The van der Waals surface area contributed by atoms with Crippen LogP contribution >= 0.6 is 22.7 Å². The predicted molar refractivity (Wildman–Crippen MR) is 111 cm³/mol. The van der Waals surface area contributed by atoms with Crippen LogP contribution < -0.4 is 5.32 Å². The van der Waals surface area contributed by atoms with Crippen LogP contribution in [0.15, 0.2) is 36.4 Å². The van der Waals surface area contributed by atoms with Crippen molar-refractivity contribution < 1.29 is 9.72 Å². The van der Waals surface area contributed by atoms with Gasteiger partial charge in [-0.05, 0) is 22.6 Å². The molecule has 2 heterocycles. The number of amides is 1. The van der Waals surface area contributed by atoms with E-state index in [2.05, 4.69) is 35.9 Å². The fourth-order valence-corrected chi connectivity index (χ4v) is 3.95. The van der Waals surface area contributed by atoms with E-state index >= 15 is 0 Å². The Hall–Kier alpha value is -3.09. The zero-order chi connectivity index (χ0) is 20.5. The summed E-state index contributed by atoms with van der Waals surface area (Å²) in [6.07, 6.45) is 0. The van der Waals surface area contributed by atoms with Crippen LogP contribution in [0.2, 0.25) is 0 Å². The van der Waals surface area contributed by atoms with E-state index in [9.17, 15) is 14.9 Å². The number of carbonyl (C=O) groups is 1. The summed E-state index contributed by atoms with van der Waals surface area (Å²) in [6.45, 7) is 13.8. The number of benzene rings is 1. The van der Waals surface area contributed by atoms with Crippen LogP contribution in [-0.2, 0) is 5.41 Å². The molecule has 0 bridgehead atoms. The number of carbonyl (C=O) groups excluding carboxylic acids is 1. The van der Waals surface area contributed by atoms with Crippen LogP contribution in [0.5, 0.6) is 0 Å². The Morgan fingerprint density at radius 1 is 1.18 bits per heavy atom. The lowest BCUT2D eigenvalue weighted by atomic mass is 9.86. The molecule has 9 heteroatoms. The lowest BCUT2D eigenvalue weighted by molar-refractivity contribution is -0.380. The predicted octanol–water partition coefficient (Wildman–Crippen LogP) is 5.88. The number of aromatic nitrogens is 1. The van der Waals surface area contributed by atoms with Crippen molar-refractivity contribution in [2.75, 3.05) is 5.32 Å². The Balaban J connectivity index is 1.85. The van der Waals surface area contributed by atoms with Gasteiger partial charge in [0.2, 0.25) is 0 Å². The highest BCUT2D eigenvalue weighted by Crippen LogP contribution is 2.39. The molecule has 0 spiro atoms. The van der Waals surface area contributed by atoms with Crippen LogP contribution in [-0.4, -0.2) is 15.8 Å². The highest BCUT2D eigenvalue weighted by Gasteiger charge is 2.19. The van der Waals surface area contributed by atoms with E-state index in [1.54, 1.807) is 0 Å². The number of nitrogens with one attached hydrogen (secondary N) is 1. The molecule has 0 aliphatic rings. The summed E-state index contributed by atoms with van der Waals surface area (Å²) >= 11 is 1.86. The van der Waals surface area contributed by atoms with Crippen LogP contribution in [0.4, 0.5) is 15.1 Å². The summed E-state index contributed by atoms with van der Waals surface area (Å²) in [5.74, 6) is -0.488. The first-order valence-corrected chi connectivity index (χ1v) is 9.87. The molecule has 1 N–H and O–H groups in total. The first-order valence-electron chi connectivity index (χ1n) is 8.24. The summed E-state index contributed by atoms with van der Waals surface area (Å²) in [4.78, 5) is 30.7. The Labute approximate surface area is 169 Å². The Bertz CT molecular complexity index is 1090. The number of nitro groups is 1. The molecule has 0 atom stereocenters. The van der Waals surface area contributed by atoms with E-state index in [1.807, 2.05) is 24.3 Å². The lowest BCUT2D eigenvalue weighted by Crippen LogP contribution is -2.10. The highest BCUT2D eigenvalue weighted by atomic mass is 32.1. The monoisotopic (exact) mass is 412 g/mol. The molecule has 2 aromatic heterocycles. The van der Waals surface area contributed by atoms with Gasteiger partial charge in [0.15, 0.2) is 5.13 Å². The molecule has 3 rings (SSSR count). The van der Waals surface area contributed by atoms with Gasteiger partial charge in [0, 0.05) is 6.07 Å². The van der Waals surface area contributed by atoms with Gasteiger partial charge >= 0.3 is 5.00 Å². The van der Waals surface area contributed by atoms with E-state index in [-0.39, 0.29) is 20.4 Å². The average Bonchev–Trinajstić information content (AvgIpc) is 3.28. The number of thiazole rings is 1. The van der Waals surface area contributed by atoms with Gasteiger partial charge in [0.05, 0.1) is 22.1 Å². The third-order valence-electron chi connectivity index (χ3n) is 3.95. The SMILES string of the molecule is [C-]#[N+]c1sc(NC(=O)c2ccc([N+](=O)[O-])s2)nc1-c1ccc(C(C)(C)C)cc1. The molecule has 0 aliphatic carbocycles. The molecule has 0 saturated heterocycles. The lowest BCUT2D eigenvalue weighted by Gasteiger charge is -2.19. The van der Waals surface area contributed by atoms with Gasteiger partial charge in [-0.3, -0.25) is 20.2 Å². The van der Waals surface area contributed by atoms with Crippen molar-refractivity contribution in [2.24, 2.45) is 0 Å². The van der Waals surface area contributed by atoms with Gasteiger partial charge in [-0.1, -0.05) is 56.4 Å². The summed E-state index contributed by atoms with van der Waals surface area (Å²) in [5.41, 5.74) is 2.49. The highest BCUT2D eigenvalue weighted by molar-refractivity contribution is 7.20. The second kappa shape index (κ2) is 7.50. The molecule has 1 amide bonds. The smallest absolute Gasteiger partial charge is 0.298 e. The third kappa shape index (κ3) is 4.08. The fraction of sp³-hybridized carbons (Fsp3) is 0.211. The van der Waals surface area contributed by atoms with Crippen LogP contribution in [0.1, 0.15) is 36.0 Å². The molecule has 0 unspecified atom stereocenters. The maximum absolute atomic E-state index is 12.3. The van der Waals surface area contributed by atoms with Gasteiger partial charge in [0.1, 0.15) is 0 Å². The molecule has 7 nitrogen and oxygen atoms in total. The summed E-state index contributed by atoms with van der Waals surface area (Å²) in [5, 5.41) is 13.9. The standard InChI is InChI=1S/C19H16N4O3S2/c1-19(2,3)12-7-5-11(6-8-12)15-17(20-4)28-18(21-15)22-16(24)13-9-10-14(27-13)23(25)26/h5-10H,1-3H3,(H,21,22,24). The van der Waals surface area contributed by atoms with Crippen molar-refractivity contribution in [3.63, 3.8) is 0 Å². The number of anilines is 1. The van der Waals surface area contributed by atoms with E-state index in [1.165, 1.54) is 17.7 Å². The van der Waals surface area contributed by atoms with Crippen LogP contribution in [0, 0.1) is 16.7 Å². The molecular formula is C19H16N4O3S2. The molecule has 0 fully saturated rings. The van der Waals surface area contributed by atoms with Crippen molar-refractivity contribution >= 4 is 43.7 Å². The number of hydrogen-bond donors (Lipinski definition) is 1. The average molecular weight is 412 g/mol. The molecule has 28 heavy (non-hydrogen) atoms. The first-order chi connectivity index (χ1) is 13.2. The van der Waals surface area contributed by atoms with E-state index in [0.717, 1.165) is 28.2 Å². The molecule has 3 aromatic rings. The van der Waals surface area contributed by atoms with E-state index in [0.29, 0.717) is 10.7 Å². The number of nitrogens with zero attached hydrogens (tertiary/aromatic N) is 3. The number of thiophene rings is 1. The summed E-state index contributed by atoms with van der Waals surface area (Å²) in [6, 6.07) is 10.5. The topological polar surface area (TPSA) is 89.5 Å². The normalized spacial score (nSPS) is 11.1. The molecule has 0 saturated carbocycles. The van der Waals surface area contributed by atoms with Crippen molar-refractivity contribution in [3.05, 3.63) is 68.4 Å². The Kier molecular flexibility index (Phi) is 5.27. The minimum Gasteiger partial charge on any atom is -0.298 e. The van der Waals surface area contributed by atoms with Gasteiger partial charge in [0.25, 0.3) is 10.9 Å². The van der Waals surface area contributed by atoms with Gasteiger partial charge in [-0.2, -0.15) is 0 Å². The fourth-order valence-electron chi connectivity index (χ4n) is 2.46. The molecule has 142 valence electrons. The van der Waals surface area contributed by atoms with E-state index < -0.39 is 10.8 Å². The first kappa shape index (κ1) is 19.7. The van der Waals surface area contributed by atoms with Crippen molar-refractivity contribution in [1.29, 1.82) is 0 Å². The zero-order valence-corrected chi connectivity index (χ0v) is 17.0. The summed E-state index contributed by atoms with van der Waals surface area (Å²) < 4.78 is 0. The maximum atomic E-state index is 12.3. The van der Waals surface area contributed by atoms with Crippen molar-refractivity contribution in [1.82, 2.24) is 4.98 Å². The van der Waals surface area contributed by atoms with Gasteiger partial charge in [-0.25, -0.2) is 9.83 Å². The number of rotatable bonds is 4. The van der Waals surface area contributed by atoms with Crippen LogP contribution in [0.25, 0.3) is 16.1 Å². The quantitative estimate of drug-likeness (QED) is 0.329.